The first-order chi connectivity index (χ1) is 16.4. The average Bonchev–Trinajstić information content (AvgIpc) is 3.40. The van der Waals surface area contributed by atoms with Crippen LogP contribution in [0.3, 0.4) is 0 Å². The molecule has 0 aliphatic carbocycles. The minimum Gasteiger partial charge on any atom is -0.352 e. The molecule has 174 valence electrons. The molecule has 0 atom stereocenters. The highest BCUT2D eigenvalue weighted by Crippen LogP contribution is 2.29. The van der Waals surface area contributed by atoms with Crippen LogP contribution in [0.5, 0.6) is 0 Å². The zero-order valence-corrected chi connectivity index (χ0v) is 20.7. The van der Waals surface area contributed by atoms with Crippen LogP contribution in [-0.2, 0) is 26.6 Å². The lowest BCUT2D eigenvalue weighted by Crippen LogP contribution is -2.32. The third-order valence-corrected chi connectivity index (χ3v) is 7.04. The highest BCUT2D eigenvalue weighted by molar-refractivity contribution is 7.15. The highest BCUT2D eigenvalue weighted by atomic mass is 35.5. The predicted octanol–water partition coefficient (Wildman–Crippen LogP) is 4.10. The topological polar surface area (TPSA) is 88.8 Å². The fourth-order valence-corrected chi connectivity index (χ4v) is 5.21. The summed E-state index contributed by atoms with van der Waals surface area (Å²) in [6, 6.07) is 4.10. The van der Waals surface area contributed by atoms with Gasteiger partial charge in [-0.25, -0.2) is 9.97 Å². The van der Waals surface area contributed by atoms with E-state index in [4.69, 9.17) is 16.6 Å². The van der Waals surface area contributed by atoms with Crippen molar-refractivity contribution in [3.63, 3.8) is 0 Å². The van der Waals surface area contributed by atoms with Gasteiger partial charge in [-0.1, -0.05) is 11.6 Å². The monoisotopic (exact) mass is 493 g/mol. The Morgan fingerprint density at radius 3 is 2.74 bits per heavy atom. The highest BCUT2D eigenvalue weighted by Gasteiger charge is 2.22. The van der Waals surface area contributed by atoms with E-state index in [0.29, 0.717) is 16.6 Å². The van der Waals surface area contributed by atoms with Gasteiger partial charge in [0.2, 0.25) is 0 Å². The molecule has 10 heteroatoms. The molecule has 0 saturated carbocycles. The molecule has 1 aliphatic heterocycles. The second kappa shape index (κ2) is 9.15. The molecule has 34 heavy (non-hydrogen) atoms. The van der Waals surface area contributed by atoms with Crippen molar-refractivity contribution in [2.24, 2.45) is 7.05 Å². The van der Waals surface area contributed by atoms with Crippen molar-refractivity contribution in [2.45, 2.75) is 33.4 Å². The summed E-state index contributed by atoms with van der Waals surface area (Å²) in [6.45, 7) is 5.94. The van der Waals surface area contributed by atoms with Crippen molar-refractivity contribution in [1.29, 1.82) is 0 Å². The van der Waals surface area contributed by atoms with Gasteiger partial charge in [0.25, 0.3) is 5.91 Å². The molecular formula is C24H24ClN7OS. The van der Waals surface area contributed by atoms with Gasteiger partial charge in [-0.05, 0) is 37.1 Å². The number of carbonyl (C=O) groups is 1. The number of amides is 1. The van der Waals surface area contributed by atoms with Crippen molar-refractivity contribution in [3.05, 3.63) is 74.3 Å². The Bertz CT molecular complexity index is 1380. The molecular weight excluding hydrogens is 470 g/mol. The SMILES string of the molecule is Cc1cc(C(=O)NCc2cnc(Cl)s2)cnc1N1CCc2ncc(-c3cn(C)nc3C)cc2C1. The number of nitrogens with zero attached hydrogens (tertiary/aromatic N) is 6. The van der Waals surface area contributed by atoms with Crippen molar-refractivity contribution in [3.8, 4) is 11.1 Å². The number of pyridine rings is 2. The summed E-state index contributed by atoms with van der Waals surface area (Å²) in [7, 11) is 1.93. The van der Waals surface area contributed by atoms with Gasteiger partial charge < -0.3 is 10.2 Å². The Morgan fingerprint density at radius 1 is 1.18 bits per heavy atom. The molecule has 0 saturated heterocycles. The van der Waals surface area contributed by atoms with Crippen LogP contribution in [-0.4, -0.2) is 37.2 Å². The third kappa shape index (κ3) is 4.53. The molecule has 8 nitrogen and oxygen atoms in total. The lowest BCUT2D eigenvalue weighted by atomic mass is 10.0. The molecule has 1 N–H and O–H groups in total. The van der Waals surface area contributed by atoms with Crippen LogP contribution in [0.4, 0.5) is 5.82 Å². The predicted molar refractivity (Wildman–Crippen MR) is 133 cm³/mol. The number of nitrogens with one attached hydrogen (secondary N) is 1. The average molecular weight is 494 g/mol. The molecule has 5 rings (SSSR count). The van der Waals surface area contributed by atoms with E-state index in [1.54, 1.807) is 12.4 Å². The number of fused-ring (bicyclic) bond motifs is 1. The van der Waals surface area contributed by atoms with E-state index in [0.717, 1.165) is 58.3 Å². The molecule has 5 heterocycles. The Labute approximate surface area is 206 Å². The first-order valence-corrected chi connectivity index (χ1v) is 12.1. The number of halogens is 1. The molecule has 0 aromatic carbocycles. The van der Waals surface area contributed by atoms with Gasteiger partial charge in [0.1, 0.15) is 5.82 Å². The lowest BCUT2D eigenvalue weighted by Gasteiger charge is -2.30. The van der Waals surface area contributed by atoms with E-state index in [-0.39, 0.29) is 5.91 Å². The van der Waals surface area contributed by atoms with Gasteiger partial charge in [-0.2, -0.15) is 5.10 Å². The second-order valence-electron chi connectivity index (χ2n) is 8.43. The van der Waals surface area contributed by atoms with Crippen LogP contribution >= 0.6 is 22.9 Å². The number of rotatable bonds is 5. The molecule has 1 aliphatic rings. The first-order valence-electron chi connectivity index (χ1n) is 11.0. The Balaban J connectivity index is 1.32. The molecule has 0 fully saturated rings. The van der Waals surface area contributed by atoms with E-state index in [2.05, 4.69) is 31.3 Å². The van der Waals surface area contributed by atoms with E-state index >= 15 is 0 Å². The molecule has 0 unspecified atom stereocenters. The van der Waals surface area contributed by atoms with Gasteiger partial charge in [-0.15, -0.1) is 11.3 Å². The fourth-order valence-electron chi connectivity index (χ4n) is 4.29. The van der Waals surface area contributed by atoms with Crippen LogP contribution < -0.4 is 10.2 Å². The van der Waals surface area contributed by atoms with E-state index in [1.165, 1.54) is 16.9 Å². The van der Waals surface area contributed by atoms with Crippen LogP contribution in [0, 0.1) is 13.8 Å². The Hall–Kier alpha value is -3.30. The summed E-state index contributed by atoms with van der Waals surface area (Å²) in [5.41, 5.74) is 6.97. The molecule has 0 bridgehead atoms. The number of anilines is 1. The number of aryl methyl sites for hydroxylation is 3. The number of aromatic nitrogens is 5. The van der Waals surface area contributed by atoms with Gasteiger partial charge in [-0.3, -0.25) is 14.5 Å². The maximum atomic E-state index is 12.6. The minimum absolute atomic E-state index is 0.170. The zero-order valence-electron chi connectivity index (χ0n) is 19.2. The number of hydrogen-bond acceptors (Lipinski definition) is 7. The van der Waals surface area contributed by atoms with Gasteiger partial charge in [0, 0.05) is 73.0 Å². The summed E-state index contributed by atoms with van der Waals surface area (Å²) < 4.78 is 2.29. The summed E-state index contributed by atoms with van der Waals surface area (Å²) in [4.78, 5) is 29.1. The summed E-state index contributed by atoms with van der Waals surface area (Å²) in [5, 5.41) is 7.35. The molecule has 4 aromatic rings. The van der Waals surface area contributed by atoms with Crippen LogP contribution in [0.15, 0.2) is 36.9 Å². The molecule has 1 amide bonds. The summed E-state index contributed by atoms with van der Waals surface area (Å²) in [6.07, 6.45) is 8.13. The normalized spacial score (nSPS) is 13.1. The van der Waals surface area contributed by atoms with Crippen molar-refractivity contribution in [2.75, 3.05) is 11.4 Å². The molecule has 0 spiro atoms. The van der Waals surface area contributed by atoms with Crippen LogP contribution in [0.1, 0.15) is 37.7 Å². The van der Waals surface area contributed by atoms with Crippen molar-refractivity contribution in [1.82, 2.24) is 30.0 Å². The van der Waals surface area contributed by atoms with E-state index < -0.39 is 0 Å². The van der Waals surface area contributed by atoms with Crippen LogP contribution in [0.25, 0.3) is 11.1 Å². The smallest absolute Gasteiger partial charge is 0.253 e. The Morgan fingerprint density at radius 2 is 2.03 bits per heavy atom. The van der Waals surface area contributed by atoms with Crippen molar-refractivity contribution < 1.29 is 4.79 Å². The largest absolute Gasteiger partial charge is 0.352 e. The van der Waals surface area contributed by atoms with Gasteiger partial charge >= 0.3 is 0 Å². The van der Waals surface area contributed by atoms with E-state index in [9.17, 15) is 4.79 Å². The number of carbonyl (C=O) groups excluding carboxylic acids is 1. The fraction of sp³-hybridized carbons (Fsp3) is 0.292. The molecule has 4 aromatic heterocycles. The van der Waals surface area contributed by atoms with Gasteiger partial charge in [0.15, 0.2) is 4.47 Å². The van der Waals surface area contributed by atoms with E-state index in [1.807, 2.05) is 44.0 Å². The standard InChI is InChI=1S/C24H24ClN7OS/c1-14-6-17(23(33)28-10-19-11-29-24(25)34-19)9-27-22(14)32-5-4-21-18(12-32)7-16(8-26-21)20-13-31(3)30-15(20)2/h6-9,11,13H,4-5,10,12H2,1-3H3,(H,28,33). The minimum atomic E-state index is -0.170. The summed E-state index contributed by atoms with van der Waals surface area (Å²) >= 11 is 7.21. The van der Waals surface area contributed by atoms with Crippen molar-refractivity contribution >= 4 is 34.7 Å². The van der Waals surface area contributed by atoms with Crippen LogP contribution in [0.2, 0.25) is 4.47 Å². The second-order valence-corrected chi connectivity index (χ2v) is 10.1. The summed E-state index contributed by atoms with van der Waals surface area (Å²) in [5.74, 6) is 0.718. The maximum absolute atomic E-state index is 12.6. The number of hydrogen-bond donors (Lipinski definition) is 1. The molecule has 0 radical (unpaired) electrons. The quantitative estimate of drug-likeness (QED) is 0.450. The van der Waals surface area contributed by atoms with Gasteiger partial charge in [0.05, 0.1) is 17.8 Å². The third-order valence-electron chi connectivity index (χ3n) is 5.92. The number of thiazole rings is 1. The first kappa shape index (κ1) is 22.5. The lowest BCUT2D eigenvalue weighted by molar-refractivity contribution is 0.0951. The Kier molecular flexibility index (Phi) is 6.05. The zero-order chi connectivity index (χ0) is 23.8. The maximum Gasteiger partial charge on any atom is 0.253 e.